The van der Waals surface area contributed by atoms with Crippen LogP contribution in [0, 0.1) is 0 Å². The van der Waals surface area contributed by atoms with Crippen molar-refractivity contribution in [2.24, 2.45) is 0 Å². The zero-order chi connectivity index (χ0) is 45.0. The zero-order valence-corrected chi connectivity index (χ0v) is 36.9. The first-order valence-corrected chi connectivity index (χ1v) is 23.1. The van der Waals surface area contributed by atoms with E-state index in [4.69, 9.17) is 19.4 Å². The minimum Gasteiger partial charge on any atom is -0.456 e. The molecule has 13 rings (SSSR count). The van der Waals surface area contributed by atoms with Gasteiger partial charge in [-0.25, -0.2) is 15.0 Å². The fourth-order valence-corrected chi connectivity index (χ4v) is 10.6. The number of aromatic nitrogens is 3. The van der Waals surface area contributed by atoms with Crippen molar-refractivity contribution >= 4 is 21.9 Å². The summed E-state index contributed by atoms with van der Waals surface area (Å²) in [5.41, 5.74) is 18.3. The second kappa shape index (κ2) is 16.2. The van der Waals surface area contributed by atoms with Gasteiger partial charge in [-0.15, -0.1) is 0 Å². The Morgan fingerprint density at radius 3 is 1.49 bits per heavy atom. The third-order valence-corrected chi connectivity index (χ3v) is 13.6. The SMILES string of the molecule is c1ccc(-c2ccc(-c3nc(-c4ccccc4)nc(-c4cccc5oc6ccc(-c7cccc(-c8cccc9c8-c8ccccc8C9(c8ccccc8)c8ccccc8)c7)cc6c45)n3)cc2)cc1. The minimum absolute atomic E-state index is 0.471. The van der Waals surface area contributed by atoms with E-state index in [-0.39, 0.29) is 0 Å². The lowest BCUT2D eigenvalue weighted by Crippen LogP contribution is -2.28. The molecule has 0 atom stereocenters. The van der Waals surface area contributed by atoms with Gasteiger partial charge in [-0.05, 0) is 91.0 Å². The summed E-state index contributed by atoms with van der Waals surface area (Å²) in [6, 6.07) is 88.3. The molecule has 0 saturated carbocycles. The fraction of sp³-hybridized carbons (Fsp3) is 0.0156. The third kappa shape index (κ3) is 6.41. The van der Waals surface area contributed by atoms with Gasteiger partial charge < -0.3 is 4.42 Å². The van der Waals surface area contributed by atoms with Crippen molar-refractivity contribution in [3.05, 3.63) is 271 Å². The number of rotatable bonds is 8. The molecule has 318 valence electrons. The van der Waals surface area contributed by atoms with Crippen molar-refractivity contribution in [2.45, 2.75) is 5.41 Å². The highest BCUT2D eigenvalue weighted by Crippen LogP contribution is 2.58. The van der Waals surface area contributed by atoms with Gasteiger partial charge >= 0.3 is 0 Å². The van der Waals surface area contributed by atoms with E-state index in [1.54, 1.807) is 0 Å². The Balaban J connectivity index is 0.941. The van der Waals surface area contributed by atoms with E-state index in [0.717, 1.165) is 66.4 Å². The quantitative estimate of drug-likeness (QED) is 0.153. The maximum atomic E-state index is 6.59. The monoisotopic (exact) mass is 867 g/mol. The molecule has 12 aromatic rings. The van der Waals surface area contributed by atoms with Crippen LogP contribution in [0.4, 0.5) is 0 Å². The van der Waals surface area contributed by atoms with Crippen molar-refractivity contribution in [3.8, 4) is 78.7 Å². The number of hydrogen-bond donors (Lipinski definition) is 0. The van der Waals surface area contributed by atoms with Crippen molar-refractivity contribution in [1.82, 2.24) is 15.0 Å². The summed E-state index contributed by atoms with van der Waals surface area (Å²) in [7, 11) is 0. The second-order valence-electron chi connectivity index (χ2n) is 17.4. The van der Waals surface area contributed by atoms with Crippen LogP contribution in [0.5, 0.6) is 0 Å². The Hall–Kier alpha value is -8.99. The zero-order valence-electron chi connectivity index (χ0n) is 36.9. The summed E-state index contributed by atoms with van der Waals surface area (Å²) in [5.74, 6) is 1.80. The van der Waals surface area contributed by atoms with Crippen molar-refractivity contribution in [1.29, 1.82) is 0 Å². The molecule has 0 N–H and O–H groups in total. The molecule has 1 aliphatic carbocycles. The fourth-order valence-electron chi connectivity index (χ4n) is 10.6. The normalized spacial score (nSPS) is 12.5. The molecule has 1 aliphatic rings. The number of furan rings is 1. The molecule has 0 aliphatic heterocycles. The van der Waals surface area contributed by atoms with Gasteiger partial charge in [-0.2, -0.15) is 0 Å². The van der Waals surface area contributed by atoms with Gasteiger partial charge in [0.2, 0.25) is 0 Å². The molecule has 0 fully saturated rings. The first kappa shape index (κ1) is 39.4. The van der Waals surface area contributed by atoms with Gasteiger partial charge in [0.15, 0.2) is 17.5 Å². The van der Waals surface area contributed by atoms with Crippen LogP contribution in [-0.4, -0.2) is 15.0 Å². The lowest BCUT2D eigenvalue weighted by Gasteiger charge is -2.34. The summed E-state index contributed by atoms with van der Waals surface area (Å²) < 4.78 is 6.59. The molecule has 4 nitrogen and oxygen atoms in total. The molecule has 0 spiro atoms. The van der Waals surface area contributed by atoms with Crippen molar-refractivity contribution < 1.29 is 4.42 Å². The van der Waals surface area contributed by atoms with Gasteiger partial charge in [-0.1, -0.05) is 224 Å². The van der Waals surface area contributed by atoms with Gasteiger partial charge in [0, 0.05) is 27.5 Å². The standard InChI is InChI=1S/C64H41N3O/c1-5-18-42(19-6-1)43-34-36-45(37-35-43)62-65-61(44-20-7-2-8-21-44)66-63(67-62)53-30-17-33-58-60(53)54-41-47(38-39-57(54)68-58)46-22-15-23-48(40-46)51-29-16-32-56-59(51)52-28-13-14-31-55(52)64(56,49-24-9-3-10-25-49)50-26-11-4-12-27-50/h1-41H. The summed E-state index contributed by atoms with van der Waals surface area (Å²) >= 11 is 0. The van der Waals surface area contributed by atoms with Crippen LogP contribution in [0.2, 0.25) is 0 Å². The van der Waals surface area contributed by atoms with E-state index in [2.05, 4.69) is 200 Å². The van der Waals surface area contributed by atoms with E-state index in [0.29, 0.717) is 17.5 Å². The van der Waals surface area contributed by atoms with Crippen molar-refractivity contribution in [2.75, 3.05) is 0 Å². The van der Waals surface area contributed by atoms with Crippen LogP contribution < -0.4 is 0 Å². The number of nitrogens with zero attached hydrogens (tertiary/aromatic N) is 3. The summed E-state index contributed by atoms with van der Waals surface area (Å²) in [4.78, 5) is 15.4. The highest BCUT2D eigenvalue weighted by molar-refractivity contribution is 6.13. The van der Waals surface area contributed by atoms with Crippen LogP contribution in [0.1, 0.15) is 22.3 Å². The minimum atomic E-state index is -0.471. The maximum Gasteiger partial charge on any atom is 0.164 e. The number of benzene rings is 10. The average Bonchev–Trinajstić information content (AvgIpc) is 3.96. The van der Waals surface area contributed by atoms with E-state index in [1.165, 1.54) is 38.9 Å². The highest BCUT2D eigenvalue weighted by Gasteiger charge is 2.46. The first-order chi connectivity index (χ1) is 33.7. The topological polar surface area (TPSA) is 51.8 Å². The van der Waals surface area contributed by atoms with E-state index in [9.17, 15) is 0 Å². The molecule has 2 heterocycles. The summed E-state index contributed by atoms with van der Waals surface area (Å²) in [6.45, 7) is 0. The number of fused-ring (bicyclic) bond motifs is 6. The van der Waals surface area contributed by atoms with Gasteiger partial charge in [0.1, 0.15) is 11.2 Å². The van der Waals surface area contributed by atoms with E-state index >= 15 is 0 Å². The predicted molar refractivity (Wildman–Crippen MR) is 277 cm³/mol. The molecule has 0 saturated heterocycles. The Morgan fingerprint density at radius 1 is 0.294 bits per heavy atom. The molecular weight excluding hydrogens is 827 g/mol. The maximum absolute atomic E-state index is 6.59. The van der Waals surface area contributed by atoms with Crippen molar-refractivity contribution in [3.63, 3.8) is 0 Å². The Kier molecular flexibility index (Phi) is 9.36. The van der Waals surface area contributed by atoms with Gasteiger partial charge in [0.05, 0.1) is 5.41 Å². The smallest absolute Gasteiger partial charge is 0.164 e. The third-order valence-electron chi connectivity index (χ3n) is 13.6. The molecule has 4 heteroatoms. The molecule has 0 radical (unpaired) electrons. The van der Waals surface area contributed by atoms with Crippen LogP contribution in [-0.2, 0) is 5.41 Å². The van der Waals surface area contributed by atoms with Crippen LogP contribution in [0.15, 0.2) is 253 Å². The van der Waals surface area contributed by atoms with Crippen LogP contribution in [0.3, 0.4) is 0 Å². The van der Waals surface area contributed by atoms with Crippen LogP contribution >= 0.6 is 0 Å². The molecule has 0 unspecified atom stereocenters. The lowest BCUT2D eigenvalue weighted by molar-refractivity contribution is 0.669. The molecule has 10 aromatic carbocycles. The van der Waals surface area contributed by atoms with E-state index in [1.807, 2.05) is 48.5 Å². The van der Waals surface area contributed by atoms with Crippen LogP contribution in [0.25, 0.3) is 101 Å². The largest absolute Gasteiger partial charge is 0.456 e. The summed E-state index contributed by atoms with van der Waals surface area (Å²) in [6.07, 6.45) is 0. The molecule has 2 aromatic heterocycles. The summed E-state index contributed by atoms with van der Waals surface area (Å²) in [5, 5.41) is 1.96. The molecule has 68 heavy (non-hydrogen) atoms. The Morgan fingerprint density at radius 2 is 0.765 bits per heavy atom. The Labute approximate surface area is 394 Å². The number of hydrogen-bond acceptors (Lipinski definition) is 4. The second-order valence-corrected chi connectivity index (χ2v) is 17.4. The predicted octanol–water partition coefficient (Wildman–Crippen LogP) is 16.1. The highest BCUT2D eigenvalue weighted by atomic mass is 16.3. The lowest BCUT2D eigenvalue weighted by atomic mass is 9.67. The average molecular weight is 868 g/mol. The molecule has 0 amide bonds. The van der Waals surface area contributed by atoms with Gasteiger partial charge in [0.25, 0.3) is 0 Å². The molecule has 0 bridgehead atoms. The Bertz CT molecular complexity index is 3790. The molecular formula is C64H41N3O. The van der Waals surface area contributed by atoms with E-state index < -0.39 is 5.41 Å². The first-order valence-electron chi connectivity index (χ1n) is 23.1. The van der Waals surface area contributed by atoms with Gasteiger partial charge in [-0.3, -0.25) is 0 Å².